The molecule has 1 aromatic carbocycles. The van der Waals surface area contributed by atoms with Crippen LogP contribution in [0.15, 0.2) is 30.3 Å². The summed E-state index contributed by atoms with van der Waals surface area (Å²) < 4.78 is 5.07. The minimum atomic E-state index is -0.272. The van der Waals surface area contributed by atoms with Gasteiger partial charge in [0.05, 0.1) is 6.61 Å². The van der Waals surface area contributed by atoms with Crippen molar-refractivity contribution in [2.24, 2.45) is 5.92 Å². The summed E-state index contributed by atoms with van der Waals surface area (Å²) >= 11 is 0. The molecule has 0 spiro atoms. The fraction of sp³-hybridized carbons (Fsp3) is 0.400. The van der Waals surface area contributed by atoms with Crippen molar-refractivity contribution < 1.29 is 9.53 Å². The van der Waals surface area contributed by atoms with Crippen LogP contribution in [0.25, 0.3) is 6.08 Å². The first kappa shape index (κ1) is 13.5. The highest BCUT2D eigenvalue weighted by Gasteiger charge is 1.98. The average molecular weight is 232 g/mol. The van der Waals surface area contributed by atoms with Crippen molar-refractivity contribution in [1.82, 2.24) is 0 Å². The van der Waals surface area contributed by atoms with E-state index in [-0.39, 0.29) is 5.97 Å². The monoisotopic (exact) mass is 232 g/mol. The maximum atomic E-state index is 11.4. The van der Waals surface area contributed by atoms with Crippen LogP contribution in [0.5, 0.6) is 0 Å². The molecule has 0 bridgehead atoms. The topological polar surface area (TPSA) is 26.3 Å². The van der Waals surface area contributed by atoms with E-state index in [0.29, 0.717) is 12.5 Å². The number of ether oxygens (including phenoxy) is 1. The summed E-state index contributed by atoms with van der Waals surface area (Å²) in [5, 5.41) is 0. The van der Waals surface area contributed by atoms with Crippen molar-refractivity contribution in [1.29, 1.82) is 0 Å². The van der Waals surface area contributed by atoms with Crippen LogP contribution in [0.4, 0.5) is 0 Å². The summed E-state index contributed by atoms with van der Waals surface area (Å²) in [5.74, 6) is 0.287. The average Bonchev–Trinajstić information content (AvgIpc) is 2.28. The first-order valence-corrected chi connectivity index (χ1v) is 5.99. The zero-order chi connectivity index (χ0) is 12.7. The Kier molecular flexibility index (Phi) is 5.47. The Hall–Kier alpha value is -1.57. The minimum absolute atomic E-state index is 0.272. The summed E-state index contributed by atoms with van der Waals surface area (Å²) in [5.41, 5.74) is 2.22. The first-order valence-electron chi connectivity index (χ1n) is 5.99. The van der Waals surface area contributed by atoms with Crippen molar-refractivity contribution in [2.75, 3.05) is 6.61 Å². The van der Waals surface area contributed by atoms with Gasteiger partial charge < -0.3 is 4.74 Å². The first-order chi connectivity index (χ1) is 8.08. The van der Waals surface area contributed by atoms with Crippen LogP contribution >= 0.6 is 0 Å². The van der Waals surface area contributed by atoms with Crippen molar-refractivity contribution in [3.05, 3.63) is 41.5 Å². The molecule has 92 valence electrons. The molecule has 0 aliphatic carbocycles. The number of rotatable bonds is 5. The van der Waals surface area contributed by atoms with Gasteiger partial charge in [0.2, 0.25) is 0 Å². The van der Waals surface area contributed by atoms with Crippen LogP contribution in [0.3, 0.4) is 0 Å². The number of hydrogen-bond acceptors (Lipinski definition) is 2. The Morgan fingerprint density at radius 1 is 1.29 bits per heavy atom. The minimum Gasteiger partial charge on any atom is -0.463 e. The Morgan fingerprint density at radius 2 is 1.94 bits per heavy atom. The van der Waals surface area contributed by atoms with E-state index in [1.54, 1.807) is 6.08 Å². The summed E-state index contributed by atoms with van der Waals surface area (Å²) in [7, 11) is 0. The highest BCUT2D eigenvalue weighted by molar-refractivity contribution is 5.87. The maximum Gasteiger partial charge on any atom is 0.330 e. The van der Waals surface area contributed by atoms with E-state index in [1.807, 2.05) is 31.2 Å². The van der Waals surface area contributed by atoms with Gasteiger partial charge in [-0.3, -0.25) is 0 Å². The van der Waals surface area contributed by atoms with E-state index >= 15 is 0 Å². The molecule has 0 fully saturated rings. The molecule has 2 nitrogen and oxygen atoms in total. The van der Waals surface area contributed by atoms with Gasteiger partial charge in [-0.2, -0.15) is 0 Å². The quantitative estimate of drug-likeness (QED) is 0.572. The number of esters is 1. The molecule has 0 atom stereocenters. The number of carbonyl (C=O) groups is 1. The molecule has 1 aromatic rings. The van der Waals surface area contributed by atoms with Crippen molar-refractivity contribution >= 4 is 12.0 Å². The summed E-state index contributed by atoms with van der Waals surface area (Å²) in [6.07, 6.45) is 4.16. The summed E-state index contributed by atoms with van der Waals surface area (Å²) in [4.78, 5) is 11.4. The SMILES string of the molecule is Cc1ccc(/C=C/C(=O)OCCC(C)C)cc1. The van der Waals surface area contributed by atoms with Gasteiger partial charge in [0.1, 0.15) is 0 Å². The molecule has 0 aromatic heterocycles. The zero-order valence-corrected chi connectivity index (χ0v) is 10.8. The van der Waals surface area contributed by atoms with Crippen LogP contribution in [0.2, 0.25) is 0 Å². The van der Waals surface area contributed by atoms with E-state index < -0.39 is 0 Å². The van der Waals surface area contributed by atoms with E-state index in [0.717, 1.165) is 12.0 Å². The Bertz CT molecular complexity index is 374. The molecular formula is C15H20O2. The second kappa shape index (κ2) is 6.89. The van der Waals surface area contributed by atoms with Crippen LogP contribution < -0.4 is 0 Å². The number of carbonyl (C=O) groups excluding carboxylic acids is 1. The third-order valence-electron chi connectivity index (χ3n) is 2.43. The normalized spacial score (nSPS) is 11.1. The molecule has 1 rings (SSSR count). The Morgan fingerprint density at radius 3 is 2.53 bits per heavy atom. The van der Waals surface area contributed by atoms with Gasteiger partial charge in [-0.1, -0.05) is 43.7 Å². The van der Waals surface area contributed by atoms with Gasteiger partial charge >= 0.3 is 5.97 Å². The molecule has 0 saturated carbocycles. The summed E-state index contributed by atoms with van der Waals surface area (Å²) in [6, 6.07) is 7.99. The predicted molar refractivity (Wildman–Crippen MR) is 70.6 cm³/mol. The van der Waals surface area contributed by atoms with Gasteiger partial charge in [-0.15, -0.1) is 0 Å². The van der Waals surface area contributed by atoms with Gasteiger partial charge in [0, 0.05) is 6.08 Å². The number of benzene rings is 1. The third-order valence-corrected chi connectivity index (χ3v) is 2.43. The lowest BCUT2D eigenvalue weighted by molar-refractivity contribution is -0.137. The second-order valence-corrected chi connectivity index (χ2v) is 4.59. The predicted octanol–water partition coefficient (Wildman–Crippen LogP) is 3.60. The smallest absolute Gasteiger partial charge is 0.330 e. The largest absolute Gasteiger partial charge is 0.463 e. The van der Waals surface area contributed by atoms with E-state index in [2.05, 4.69) is 13.8 Å². The molecule has 0 N–H and O–H groups in total. The van der Waals surface area contributed by atoms with Gasteiger partial charge in [-0.25, -0.2) is 4.79 Å². The molecular weight excluding hydrogens is 212 g/mol. The van der Waals surface area contributed by atoms with Gasteiger partial charge in [-0.05, 0) is 30.9 Å². The molecule has 0 saturated heterocycles. The third kappa shape index (κ3) is 5.91. The van der Waals surface area contributed by atoms with E-state index in [9.17, 15) is 4.79 Å². The lowest BCUT2D eigenvalue weighted by atomic mass is 10.1. The van der Waals surface area contributed by atoms with Crippen molar-refractivity contribution in [3.63, 3.8) is 0 Å². The van der Waals surface area contributed by atoms with Crippen LogP contribution in [-0.2, 0) is 9.53 Å². The Balaban J connectivity index is 2.37. The molecule has 0 aliphatic rings. The highest BCUT2D eigenvalue weighted by Crippen LogP contribution is 2.05. The van der Waals surface area contributed by atoms with E-state index in [4.69, 9.17) is 4.74 Å². The van der Waals surface area contributed by atoms with Crippen molar-refractivity contribution in [2.45, 2.75) is 27.2 Å². The maximum absolute atomic E-state index is 11.4. The Labute approximate surface area is 103 Å². The lowest BCUT2D eigenvalue weighted by Gasteiger charge is -2.04. The van der Waals surface area contributed by atoms with Gasteiger partial charge in [0.25, 0.3) is 0 Å². The molecule has 0 aliphatic heterocycles. The fourth-order valence-electron chi connectivity index (χ4n) is 1.29. The van der Waals surface area contributed by atoms with Gasteiger partial charge in [0.15, 0.2) is 0 Å². The number of hydrogen-bond donors (Lipinski definition) is 0. The standard InChI is InChI=1S/C15H20O2/c1-12(2)10-11-17-15(16)9-8-14-6-4-13(3)5-7-14/h4-9,12H,10-11H2,1-3H3/b9-8+. The van der Waals surface area contributed by atoms with E-state index in [1.165, 1.54) is 11.6 Å². The molecule has 0 heterocycles. The lowest BCUT2D eigenvalue weighted by Crippen LogP contribution is -2.04. The van der Waals surface area contributed by atoms with Crippen LogP contribution in [-0.4, -0.2) is 12.6 Å². The number of aryl methyl sites for hydroxylation is 1. The molecule has 17 heavy (non-hydrogen) atoms. The molecule has 0 unspecified atom stereocenters. The summed E-state index contributed by atoms with van der Waals surface area (Å²) in [6.45, 7) is 6.74. The van der Waals surface area contributed by atoms with Crippen LogP contribution in [0.1, 0.15) is 31.4 Å². The molecule has 0 amide bonds. The molecule has 0 radical (unpaired) electrons. The molecule has 2 heteroatoms. The van der Waals surface area contributed by atoms with Crippen LogP contribution in [0, 0.1) is 12.8 Å². The van der Waals surface area contributed by atoms with Crippen molar-refractivity contribution in [3.8, 4) is 0 Å². The fourth-order valence-corrected chi connectivity index (χ4v) is 1.29. The zero-order valence-electron chi connectivity index (χ0n) is 10.8. The second-order valence-electron chi connectivity index (χ2n) is 4.59. The highest BCUT2D eigenvalue weighted by atomic mass is 16.5.